The molecule has 2 heteroatoms. The molecule has 0 bridgehead atoms. The number of likely N-dealkylation sites (tertiary alicyclic amines) is 1. The van der Waals surface area contributed by atoms with E-state index in [1.165, 1.54) is 128 Å². The van der Waals surface area contributed by atoms with Crippen molar-refractivity contribution in [3.63, 3.8) is 0 Å². The van der Waals surface area contributed by atoms with E-state index in [0.717, 1.165) is 42.6 Å². The molecule has 0 unspecified atom stereocenters. The van der Waals surface area contributed by atoms with Crippen LogP contribution in [0.4, 0.5) is 0 Å². The summed E-state index contributed by atoms with van der Waals surface area (Å²) in [6.45, 7) is 28.7. The van der Waals surface area contributed by atoms with Crippen LogP contribution in [0.15, 0.2) is 71.8 Å². The van der Waals surface area contributed by atoms with Crippen LogP contribution in [0.1, 0.15) is 167 Å². The van der Waals surface area contributed by atoms with Gasteiger partial charge in [0.15, 0.2) is 0 Å². The molecule has 2 aromatic rings. The molecule has 1 aliphatic heterocycles. The van der Waals surface area contributed by atoms with E-state index < -0.39 is 0 Å². The van der Waals surface area contributed by atoms with Crippen LogP contribution in [0.5, 0.6) is 0 Å². The third kappa shape index (κ3) is 14.9. The minimum atomic E-state index is 0.422. The average Bonchev–Trinajstić information content (AvgIpc) is 3.49. The van der Waals surface area contributed by atoms with Crippen LogP contribution in [-0.2, 0) is 0 Å². The molecule has 2 nitrogen and oxygen atoms in total. The first-order valence-electron chi connectivity index (χ1n) is 20.7. The molecule has 2 aliphatic carbocycles. The number of rotatable bonds is 6. The predicted molar refractivity (Wildman–Crippen MR) is 228 cm³/mol. The Morgan fingerprint density at radius 3 is 1.96 bits per heavy atom. The molecule has 0 N–H and O–H groups in total. The Morgan fingerprint density at radius 1 is 0.804 bits per heavy atom. The second kappa shape index (κ2) is 21.6. The predicted octanol–water partition coefficient (Wildman–Crippen LogP) is 12.7. The normalized spacial score (nSPS) is 20.6. The minimum absolute atomic E-state index is 0.422. The van der Waals surface area contributed by atoms with Crippen molar-refractivity contribution in [3.05, 3.63) is 93.9 Å². The van der Waals surface area contributed by atoms with Crippen LogP contribution in [0.25, 0.3) is 11.8 Å². The summed E-state index contributed by atoms with van der Waals surface area (Å²) in [6.07, 6.45) is 22.9. The van der Waals surface area contributed by atoms with E-state index in [1.807, 2.05) is 7.05 Å². The average molecular weight is 693 g/mol. The number of allylic oxidation sites excluding steroid dienone is 2. The van der Waals surface area contributed by atoms with Gasteiger partial charge in [0.1, 0.15) is 0 Å². The molecule has 2 saturated carbocycles. The maximum Gasteiger partial charge on any atom is 0.0712 e. The number of aryl methyl sites for hydroxylation is 1. The van der Waals surface area contributed by atoms with E-state index in [2.05, 4.69) is 122 Å². The lowest BCUT2D eigenvalue weighted by atomic mass is 9.87. The molecule has 282 valence electrons. The molecule has 0 radical (unpaired) electrons. The molecule has 5 rings (SSSR count). The van der Waals surface area contributed by atoms with Gasteiger partial charge in [-0.2, -0.15) is 0 Å². The van der Waals surface area contributed by atoms with Gasteiger partial charge in [-0.3, -0.25) is 4.99 Å². The molecule has 51 heavy (non-hydrogen) atoms. The highest BCUT2D eigenvalue weighted by Gasteiger charge is 2.18. The summed E-state index contributed by atoms with van der Waals surface area (Å²) in [4.78, 5) is 7.37. The number of hydrogen-bond donors (Lipinski definition) is 0. The van der Waals surface area contributed by atoms with Crippen molar-refractivity contribution in [3.8, 4) is 0 Å². The SMILES string of the molecule is C=C(/C=c1/cccc/c1=C(/C)N1CCCC[C@H](C)C1)C(=NC)c1cc(C2CCCCCC2)ccc1C.C=C(C)CC(C)(C)C.CC1CCCCC1. The van der Waals surface area contributed by atoms with Gasteiger partial charge in [-0.25, -0.2) is 0 Å². The van der Waals surface area contributed by atoms with Crippen molar-refractivity contribution in [1.82, 2.24) is 4.90 Å². The molecule has 1 atom stereocenters. The fourth-order valence-corrected chi connectivity index (χ4v) is 8.45. The maximum absolute atomic E-state index is 4.78. The Hall–Kier alpha value is -2.87. The number of nitrogens with zero attached hydrogens (tertiary/aromatic N) is 2. The lowest BCUT2D eigenvalue weighted by Gasteiger charge is -2.26. The second-order valence-corrected chi connectivity index (χ2v) is 17.7. The van der Waals surface area contributed by atoms with Crippen LogP contribution in [0, 0.1) is 24.2 Å². The fraction of sp³-hybridized carbons (Fsp3) is 0.612. The Bertz CT molecular complexity index is 1520. The molecule has 1 saturated heterocycles. The topological polar surface area (TPSA) is 15.6 Å². The van der Waals surface area contributed by atoms with Gasteiger partial charge >= 0.3 is 0 Å². The second-order valence-electron chi connectivity index (χ2n) is 17.7. The molecular weight excluding hydrogens is 617 g/mol. The summed E-state index contributed by atoms with van der Waals surface area (Å²) >= 11 is 0. The largest absolute Gasteiger partial charge is 0.374 e. The maximum atomic E-state index is 4.78. The Balaban J connectivity index is 0.000000387. The van der Waals surface area contributed by atoms with E-state index in [0.29, 0.717) is 11.3 Å². The van der Waals surface area contributed by atoms with Crippen LogP contribution >= 0.6 is 0 Å². The van der Waals surface area contributed by atoms with Crippen LogP contribution in [0.2, 0.25) is 0 Å². The summed E-state index contributed by atoms with van der Waals surface area (Å²) in [6, 6.07) is 15.9. The first-order chi connectivity index (χ1) is 24.3. The zero-order valence-electron chi connectivity index (χ0n) is 34.7. The van der Waals surface area contributed by atoms with Crippen molar-refractivity contribution < 1.29 is 0 Å². The quantitative estimate of drug-likeness (QED) is 0.167. The van der Waals surface area contributed by atoms with Crippen molar-refractivity contribution >= 4 is 17.5 Å². The van der Waals surface area contributed by atoms with E-state index in [-0.39, 0.29) is 0 Å². The summed E-state index contributed by atoms with van der Waals surface area (Å²) in [5.74, 6) is 2.46. The van der Waals surface area contributed by atoms with Crippen molar-refractivity contribution in [1.29, 1.82) is 0 Å². The molecule has 1 heterocycles. The number of benzene rings is 2. The summed E-state index contributed by atoms with van der Waals surface area (Å²) in [5, 5.41) is 2.54. The van der Waals surface area contributed by atoms with Crippen molar-refractivity contribution in [2.45, 2.75) is 158 Å². The number of aliphatic imine (C=N–C) groups is 1. The molecule has 0 aromatic heterocycles. The highest BCUT2D eigenvalue weighted by molar-refractivity contribution is 6.17. The standard InChI is InChI=1S/C34H46N2.C8H16.C7H14/c1-25-14-12-13-21-36(24-25)28(4)32-18-11-10-17-31(32)22-27(3)34(35-5)33-23-30(20-19-26(33)2)29-15-8-6-7-9-16-29;1-7(2)6-8(3,4)5;1-7-5-3-2-4-6-7/h10-11,17-20,22-23,25,29H,3,6-9,12-16,21,24H2,1-2,4-5H3;1,6H2,2-5H3;7H,2-6H2,1H3/b31-22-,32-28+,35-34?;;/t25-;;/m0../s1. The zero-order valence-corrected chi connectivity index (χ0v) is 34.7. The van der Waals surface area contributed by atoms with Crippen molar-refractivity contribution in [2.24, 2.45) is 22.2 Å². The molecular formula is C49H76N2. The van der Waals surface area contributed by atoms with Gasteiger partial charge in [0, 0.05) is 36.6 Å². The number of hydrogen-bond acceptors (Lipinski definition) is 2. The van der Waals surface area contributed by atoms with Gasteiger partial charge < -0.3 is 4.90 Å². The van der Waals surface area contributed by atoms with Gasteiger partial charge in [0.25, 0.3) is 0 Å². The van der Waals surface area contributed by atoms with Crippen LogP contribution < -0.4 is 10.4 Å². The Labute approximate surface area is 315 Å². The highest BCUT2D eigenvalue weighted by atomic mass is 15.1. The van der Waals surface area contributed by atoms with Crippen LogP contribution in [0.3, 0.4) is 0 Å². The van der Waals surface area contributed by atoms with Crippen LogP contribution in [-0.4, -0.2) is 30.7 Å². The monoisotopic (exact) mass is 693 g/mol. The summed E-state index contributed by atoms with van der Waals surface area (Å²) < 4.78 is 0. The molecule has 0 amide bonds. The molecule has 0 spiro atoms. The lowest BCUT2D eigenvalue weighted by Crippen LogP contribution is -2.35. The smallest absolute Gasteiger partial charge is 0.0712 e. The third-order valence-electron chi connectivity index (χ3n) is 11.2. The fourth-order valence-electron chi connectivity index (χ4n) is 8.45. The first-order valence-corrected chi connectivity index (χ1v) is 20.7. The van der Waals surface area contributed by atoms with Gasteiger partial charge in [0.05, 0.1) is 5.71 Å². The van der Waals surface area contributed by atoms with E-state index in [1.54, 1.807) is 0 Å². The third-order valence-corrected chi connectivity index (χ3v) is 11.2. The Morgan fingerprint density at radius 2 is 1.39 bits per heavy atom. The van der Waals surface area contributed by atoms with Gasteiger partial charge in [-0.1, -0.05) is 147 Å². The van der Waals surface area contributed by atoms with E-state index >= 15 is 0 Å². The first kappa shape index (κ1) is 42.5. The molecule has 3 aliphatic rings. The highest BCUT2D eigenvalue weighted by Crippen LogP contribution is 2.33. The molecule has 3 fully saturated rings. The molecule has 2 aromatic carbocycles. The Kier molecular flexibility index (Phi) is 18.0. The zero-order chi connectivity index (χ0) is 37.4. The van der Waals surface area contributed by atoms with Gasteiger partial charge in [0.2, 0.25) is 0 Å². The van der Waals surface area contributed by atoms with Crippen molar-refractivity contribution in [2.75, 3.05) is 20.1 Å². The minimum Gasteiger partial charge on any atom is -0.374 e. The lowest BCUT2D eigenvalue weighted by molar-refractivity contribution is 0.358. The summed E-state index contributed by atoms with van der Waals surface area (Å²) in [5.41, 5.74) is 9.07. The van der Waals surface area contributed by atoms with E-state index in [4.69, 9.17) is 4.99 Å². The van der Waals surface area contributed by atoms with E-state index in [9.17, 15) is 0 Å². The summed E-state index contributed by atoms with van der Waals surface area (Å²) in [7, 11) is 1.91. The van der Waals surface area contributed by atoms with Gasteiger partial charge in [-0.05, 0) is 110 Å². The van der Waals surface area contributed by atoms with Gasteiger partial charge in [-0.15, -0.1) is 6.58 Å².